The molecule has 17 nitrogen and oxygen atoms in total. The van der Waals surface area contributed by atoms with Gasteiger partial charge in [0.25, 0.3) is 0 Å². The van der Waals surface area contributed by atoms with Crippen molar-refractivity contribution in [2.45, 2.75) is 24.4 Å². The molecule has 2 aliphatic heterocycles. The highest BCUT2D eigenvalue weighted by atomic mass is 16.7. The van der Waals surface area contributed by atoms with Gasteiger partial charge in [0.15, 0.2) is 46.7 Å². The zero-order chi connectivity index (χ0) is 42.9. The van der Waals surface area contributed by atoms with E-state index in [1.807, 2.05) is 0 Å². The normalized spacial score (nSPS) is 17.5. The second-order valence-corrected chi connectivity index (χ2v) is 12.6. The number of benzene rings is 4. The molecular weight excluding hydrogens is 788 g/mol. The van der Waals surface area contributed by atoms with E-state index in [4.69, 9.17) is 52.1 Å². The molecule has 6 rings (SSSR count). The van der Waals surface area contributed by atoms with E-state index >= 15 is 0 Å². The third-order valence-corrected chi connectivity index (χ3v) is 8.94. The molecule has 0 aliphatic carbocycles. The SMILES string of the molecule is C=CC(=O)Oc1ccc(C(=O)Oc2ccc(C(=O)O[C@@H]3CO[C@@H]4[C@H]3OC[C@@H]4OC(=O)c3ccc(OC(=O)c4ccc(OC(=O)C=C)c(OC)c4)c(OC)c3)cc2OC)cc1. The highest BCUT2D eigenvalue weighted by Gasteiger charge is 2.51. The standard InChI is InChI=1S/C43H36O17/c1-6-36(44)55-27-13-8-23(9-14-27)40(46)57-29-16-11-25(19-32(29)51-4)42(48)59-34-21-53-39-35(22-54-38(34)39)60-43(49)26-12-17-30(33(20-26)52-5)58-41(47)24-10-15-28(31(18-24)50-3)56-37(45)7-2/h6-20,34-35,38-39H,1-2,21-22H2,3-5H3/t34-,35+,38+,39+/m1/s1. The number of rotatable bonds is 15. The maximum Gasteiger partial charge on any atom is 0.343 e. The smallest absolute Gasteiger partial charge is 0.343 e. The van der Waals surface area contributed by atoms with E-state index in [2.05, 4.69) is 13.2 Å². The fourth-order valence-corrected chi connectivity index (χ4v) is 5.96. The molecule has 2 fully saturated rings. The van der Waals surface area contributed by atoms with E-state index in [0.29, 0.717) is 0 Å². The first-order chi connectivity index (χ1) is 28.9. The van der Waals surface area contributed by atoms with Crippen LogP contribution in [0.4, 0.5) is 0 Å². The van der Waals surface area contributed by atoms with Gasteiger partial charge in [-0.05, 0) is 78.9 Å². The average Bonchev–Trinajstić information content (AvgIpc) is 3.86. The number of methoxy groups -OCH3 is 3. The largest absolute Gasteiger partial charge is 0.493 e. The second-order valence-electron chi connectivity index (χ2n) is 12.6. The van der Waals surface area contributed by atoms with Gasteiger partial charge in [-0.25, -0.2) is 28.8 Å². The van der Waals surface area contributed by atoms with Gasteiger partial charge >= 0.3 is 35.8 Å². The van der Waals surface area contributed by atoms with Crippen LogP contribution in [0.15, 0.2) is 104 Å². The van der Waals surface area contributed by atoms with Gasteiger partial charge in [-0.15, -0.1) is 0 Å². The van der Waals surface area contributed by atoms with Crippen LogP contribution in [0.5, 0.6) is 40.2 Å². The van der Waals surface area contributed by atoms with Crippen LogP contribution in [0.1, 0.15) is 41.4 Å². The molecule has 2 heterocycles. The van der Waals surface area contributed by atoms with Crippen molar-refractivity contribution in [2.24, 2.45) is 0 Å². The first-order valence-electron chi connectivity index (χ1n) is 17.9. The van der Waals surface area contributed by atoms with Crippen LogP contribution in [0.2, 0.25) is 0 Å². The lowest BCUT2D eigenvalue weighted by Crippen LogP contribution is -2.36. The van der Waals surface area contributed by atoms with Crippen molar-refractivity contribution in [3.05, 3.63) is 126 Å². The van der Waals surface area contributed by atoms with Gasteiger partial charge in [0, 0.05) is 12.2 Å². The van der Waals surface area contributed by atoms with Crippen LogP contribution in [0.25, 0.3) is 0 Å². The molecule has 0 amide bonds. The molecule has 0 spiro atoms. The Kier molecular flexibility index (Phi) is 13.2. The lowest BCUT2D eigenvalue weighted by atomic mass is 10.1. The molecule has 17 heteroatoms. The topological polar surface area (TPSA) is 204 Å². The molecule has 0 unspecified atom stereocenters. The van der Waals surface area contributed by atoms with Crippen molar-refractivity contribution in [3.8, 4) is 40.2 Å². The minimum absolute atomic E-state index is 0.00114. The maximum absolute atomic E-state index is 13.3. The van der Waals surface area contributed by atoms with Crippen molar-refractivity contribution in [1.82, 2.24) is 0 Å². The highest BCUT2D eigenvalue weighted by Crippen LogP contribution is 2.35. The molecule has 4 aromatic carbocycles. The van der Waals surface area contributed by atoms with Gasteiger partial charge in [-0.2, -0.15) is 0 Å². The number of fused-ring (bicyclic) bond motifs is 1. The van der Waals surface area contributed by atoms with Crippen LogP contribution in [0.3, 0.4) is 0 Å². The lowest BCUT2D eigenvalue weighted by molar-refractivity contribution is -0.129. The number of hydrogen-bond donors (Lipinski definition) is 0. The molecule has 60 heavy (non-hydrogen) atoms. The van der Waals surface area contributed by atoms with Crippen molar-refractivity contribution in [1.29, 1.82) is 0 Å². The van der Waals surface area contributed by atoms with Crippen LogP contribution < -0.4 is 33.2 Å². The van der Waals surface area contributed by atoms with Gasteiger partial charge in [0.1, 0.15) is 18.0 Å². The number of carbonyl (C=O) groups excluding carboxylic acids is 6. The zero-order valence-electron chi connectivity index (χ0n) is 32.2. The zero-order valence-corrected chi connectivity index (χ0v) is 32.2. The molecule has 0 aromatic heterocycles. The Hall–Kier alpha value is -7.50. The average molecular weight is 825 g/mol. The van der Waals surface area contributed by atoms with Crippen molar-refractivity contribution in [2.75, 3.05) is 34.5 Å². The van der Waals surface area contributed by atoms with Crippen molar-refractivity contribution in [3.63, 3.8) is 0 Å². The molecule has 0 bridgehead atoms. The Morgan fingerprint density at radius 3 is 1.27 bits per heavy atom. The van der Waals surface area contributed by atoms with E-state index < -0.39 is 60.2 Å². The second kappa shape index (κ2) is 18.8. The Balaban J connectivity index is 1.03. The summed E-state index contributed by atoms with van der Waals surface area (Å²) in [5.41, 5.74) is 0.375. The molecule has 4 aromatic rings. The number of carbonyl (C=O) groups is 6. The third kappa shape index (κ3) is 9.61. The first-order valence-corrected chi connectivity index (χ1v) is 17.9. The van der Waals surface area contributed by atoms with Crippen LogP contribution >= 0.6 is 0 Å². The third-order valence-electron chi connectivity index (χ3n) is 8.94. The summed E-state index contributed by atoms with van der Waals surface area (Å²) in [6, 6.07) is 17.9. The summed E-state index contributed by atoms with van der Waals surface area (Å²) in [7, 11) is 4.00. The van der Waals surface area contributed by atoms with Crippen LogP contribution in [-0.2, 0) is 28.5 Å². The minimum atomic E-state index is -0.856. The fourth-order valence-electron chi connectivity index (χ4n) is 5.96. The lowest BCUT2D eigenvalue weighted by Gasteiger charge is -2.18. The monoisotopic (exact) mass is 824 g/mol. The Morgan fingerprint density at radius 2 is 0.850 bits per heavy atom. The summed E-state index contributed by atoms with van der Waals surface area (Å²) in [5.74, 6) is -3.85. The fraction of sp³-hybridized carbons (Fsp3) is 0.209. The summed E-state index contributed by atoms with van der Waals surface area (Å²) < 4.78 is 60.2. The van der Waals surface area contributed by atoms with E-state index in [0.717, 1.165) is 12.2 Å². The highest BCUT2D eigenvalue weighted by molar-refractivity contribution is 5.95. The van der Waals surface area contributed by atoms with Crippen molar-refractivity contribution < 1.29 is 80.9 Å². The van der Waals surface area contributed by atoms with Gasteiger partial charge in [-0.3, -0.25) is 0 Å². The molecule has 0 saturated carbocycles. The molecule has 310 valence electrons. The predicted octanol–water partition coefficient (Wildman–Crippen LogP) is 4.88. The van der Waals surface area contributed by atoms with Gasteiger partial charge in [-0.1, -0.05) is 13.2 Å². The summed E-state index contributed by atoms with van der Waals surface area (Å²) >= 11 is 0. The van der Waals surface area contributed by atoms with E-state index in [-0.39, 0.29) is 75.7 Å². The van der Waals surface area contributed by atoms with Crippen molar-refractivity contribution >= 4 is 35.8 Å². The van der Waals surface area contributed by atoms with Gasteiger partial charge in [0.2, 0.25) is 0 Å². The molecule has 4 atom stereocenters. The van der Waals surface area contributed by atoms with Gasteiger partial charge < -0.3 is 52.1 Å². The predicted molar refractivity (Wildman–Crippen MR) is 205 cm³/mol. The van der Waals surface area contributed by atoms with Crippen LogP contribution in [0, 0.1) is 0 Å². The Bertz CT molecular complexity index is 2330. The molecular formula is C43H36O17. The van der Waals surface area contributed by atoms with Crippen LogP contribution in [-0.4, -0.2) is 94.8 Å². The maximum atomic E-state index is 13.3. The summed E-state index contributed by atoms with van der Waals surface area (Å²) in [6.45, 7) is 6.58. The summed E-state index contributed by atoms with van der Waals surface area (Å²) in [5, 5.41) is 0. The Labute approximate surface area is 341 Å². The molecule has 2 saturated heterocycles. The summed E-state index contributed by atoms with van der Waals surface area (Å²) in [6.07, 6.45) is -1.22. The Morgan fingerprint density at radius 1 is 0.483 bits per heavy atom. The van der Waals surface area contributed by atoms with Gasteiger partial charge in [0.05, 0.1) is 56.8 Å². The quantitative estimate of drug-likeness (QED) is 0.0890. The number of esters is 6. The molecule has 2 aliphatic rings. The van der Waals surface area contributed by atoms with E-state index in [1.165, 1.54) is 100 Å². The first kappa shape index (κ1) is 42.1. The number of ether oxygens (including phenoxy) is 11. The summed E-state index contributed by atoms with van der Waals surface area (Å²) in [4.78, 5) is 75.3. The number of hydrogen-bond acceptors (Lipinski definition) is 17. The van der Waals surface area contributed by atoms with E-state index in [9.17, 15) is 28.8 Å². The molecule has 0 radical (unpaired) electrons. The molecule has 0 N–H and O–H groups in total. The van der Waals surface area contributed by atoms with E-state index in [1.54, 1.807) is 0 Å². The minimum Gasteiger partial charge on any atom is -0.493 e.